The molecule has 0 unspecified atom stereocenters. The molecule has 1 saturated heterocycles. The zero-order chi connectivity index (χ0) is 17.7. The molecule has 0 aromatic heterocycles. The molecule has 1 aliphatic heterocycles. The number of rotatable bonds is 6. The van der Waals surface area contributed by atoms with Crippen LogP contribution in [-0.2, 0) is 16.6 Å². The predicted molar refractivity (Wildman–Crippen MR) is 95.8 cm³/mol. The van der Waals surface area contributed by atoms with Crippen molar-refractivity contribution in [2.24, 2.45) is 5.92 Å². The molecule has 6 heteroatoms. The minimum absolute atomic E-state index is 0.305. The molecule has 2 atom stereocenters. The Balaban J connectivity index is 1.99. The van der Waals surface area contributed by atoms with Crippen molar-refractivity contribution in [3.8, 4) is 6.07 Å². The minimum atomic E-state index is -3.17. The first-order chi connectivity index (χ1) is 11.4. The summed E-state index contributed by atoms with van der Waals surface area (Å²) in [6.07, 6.45) is 1.77. The van der Waals surface area contributed by atoms with Crippen LogP contribution in [-0.4, -0.2) is 37.1 Å². The van der Waals surface area contributed by atoms with Crippen molar-refractivity contribution in [1.82, 2.24) is 9.62 Å². The molecule has 0 amide bonds. The molecule has 1 aromatic carbocycles. The Bertz CT molecular complexity index is 694. The molecule has 0 radical (unpaired) electrons. The minimum Gasteiger partial charge on any atom is -0.310 e. The fourth-order valence-corrected chi connectivity index (χ4v) is 4.57. The van der Waals surface area contributed by atoms with Crippen LogP contribution >= 0.6 is 0 Å². The second-order valence-corrected chi connectivity index (χ2v) is 9.20. The SMILES string of the molecule is CC[C@@H]1CN(S(=O)(=O)C(C)C)CC[C@@H]1NCc1cccc(C#N)c1. The zero-order valence-corrected chi connectivity index (χ0v) is 15.5. The normalized spacial score (nSPS) is 22.5. The first-order valence-electron chi connectivity index (χ1n) is 8.59. The Morgan fingerprint density at radius 1 is 1.42 bits per heavy atom. The quantitative estimate of drug-likeness (QED) is 0.856. The number of benzene rings is 1. The van der Waals surface area contributed by atoms with Crippen molar-refractivity contribution in [2.45, 2.75) is 51.4 Å². The highest BCUT2D eigenvalue weighted by Crippen LogP contribution is 2.24. The zero-order valence-electron chi connectivity index (χ0n) is 14.7. The van der Waals surface area contributed by atoms with Crippen LogP contribution < -0.4 is 5.32 Å². The van der Waals surface area contributed by atoms with Crippen LogP contribution in [0.1, 0.15) is 44.7 Å². The lowest BCUT2D eigenvalue weighted by molar-refractivity contribution is 0.200. The van der Waals surface area contributed by atoms with E-state index in [-0.39, 0.29) is 5.25 Å². The van der Waals surface area contributed by atoms with Crippen LogP contribution in [0.3, 0.4) is 0 Å². The van der Waals surface area contributed by atoms with Gasteiger partial charge >= 0.3 is 0 Å². The summed E-state index contributed by atoms with van der Waals surface area (Å²) < 4.78 is 26.4. The van der Waals surface area contributed by atoms with Gasteiger partial charge in [-0.15, -0.1) is 0 Å². The summed E-state index contributed by atoms with van der Waals surface area (Å²) in [4.78, 5) is 0. The van der Waals surface area contributed by atoms with Crippen molar-refractivity contribution in [1.29, 1.82) is 5.26 Å². The van der Waals surface area contributed by atoms with Crippen molar-refractivity contribution in [2.75, 3.05) is 13.1 Å². The van der Waals surface area contributed by atoms with Gasteiger partial charge < -0.3 is 5.32 Å². The van der Waals surface area contributed by atoms with E-state index in [1.54, 1.807) is 24.2 Å². The lowest BCUT2D eigenvalue weighted by Gasteiger charge is -2.38. The number of hydrogen-bond donors (Lipinski definition) is 1. The van der Waals surface area contributed by atoms with E-state index in [2.05, 4.69) is 18.3 Å². The molecule has 0 saturated carbocycles. The van der Waals surface area contributed by atoms with E-state index < -0.39 is 10.0 Å². The monoisotopic (exact) mass is 349 g/mol. The van der Waals surface area contributed by atoms with E-state index in [0.717, 1.165) is 18.4 Å². The average molecular weight is 350 g/mol. The van der Waals surface area contributed by atoms with Crippen molar-refractivity contribution >= 4 is 10.0 Å². The van der Waals surface area contributed by atoms with Gasteiger partial charge in [0.2, 0.25) is 10.0 Å². The van der Waals surface area contributed by atoms with Gasteiger partial charge in [-0.1, -0.05) is 25.5 Å². The highest BCUT2D eigenvalue weighted by Gasteiger charge is 2.34. The molecule has 1 fully saturated rings. The fraction of sp³-hybridized carbons (Fsp3) is 0.611. The second kappa shape index (κ2) is 8.11. The van der Waals surface area contributed by atoms with Gasteiger partial charge in [0.05, 0.1) is 16.9 Å². The maximum Gasteiger partial charge on any atom is 0.216 e. The summed E-state index contributed by atoms with van der Waals surface area (Å²) in [5, 5.41) is 12.2. The summed E-state index contributed by atoms with van der Waals surface area (Å²) >= 11 is 0. The predicted octanol–water partition coefficient (Wildman–Crippen LogP) is 2.49. The molecule has 1 aromatic rings. The van der Waals surface area contributed by atoms with Gasteiger partial charge in [0.15, 0.2) is 0 Å². The number of nitrogens with zero attached hydrogens (tertiary/aromatic N) is 2. The Morgan fingerprint density at radius 3 is 2.79 bits per heavy atom. The lowest BCUT2D eigenvalue weighted by atomic mass is 9.91. The molecule has 2 rings (SSSR count). The smallest absolute Gasteiger partial charge is 0.216 e. The molecule has 1 heterocycles. The van der Waals surface area contributed by atoms with E-state index in [4.69, 9.17) is 5.26 Å². The third-order valence-electron chi connectivity index (χ3n) is 4.80. The number of piperidine rings is 1. The third kappa shape index (κ3) is 4.35. The van der Waals surface area contributed by atoms with Crippen LogP contribution in [0.5, 0.6) is 0 Å². The van der Waals surface area contributed by atoms with Crippen LogP contribution in [0.15, 0.2) is 24.3 Å². The number of nitrogens with one attached hydrogen (secondary N) is 1. The van der Waals surface area contributed by atoms with Crippen molar-refractivity contribution in [3.05, 3.63) is 35.4 Å². The Labute approximate surface area is 145 Å². The molecular formula is C18H27N3O2S. The first kappa shape index (κ1) is 18.9. The highest BCUT2D eigenvalue weighted by atomic mass is 32.2. The Hall–Kier alpha value is -1.42. The maximum absolute atomic E-state index is 12.4. The van der Waals surface area contributed by atoms with Gasteiger partial charge in [-0.05, 0) is 43.9 Å². The van der Waals surface area contributed by atoms with E-state index in [9.17, 15) is 8.42 Å². The van der Waals surface area contributed by atoms with E-state index in [1.165, 1.54) is 0 Å². The van der Waals surface area contributed by atoms with Gasteiger partial charge in [0.1, 0.15) is 0 Å². The first-order valence-corrected chi connectivity index (χ1v) is 10.1. The Morgan fingerprint density at radius 2 is 2.17 bits per heavy atom. The van der Waals surface area contributed by atoms with Gasteiger partial charge in [0.25, 0.3) is 0 Å². The van der Waals surface area contributed by atoms with Gasteiger partial charge in [-0.2, -0.15) is 5.26 Å². The lowest BCUT2D eigenvalue weighted by Crippen LogP contribution is -2.51. The molecule has 0 aliphatic carbocycles. The summed E-state index contributed by atoms with van der Waals surface area (Å²) in [6, 6.07) is 10.1. The van der Waals surface area contributed by atoms with Crippen LogP contribution in [0.2, 0.25) is 0 Å². The molecule has 1 N–H and O–H groups in total. The van der Waals surface area contributed by atoms with Gasteiger partial charge in [-0.25, -0.2) is 12.7 Å². The van der Waals surface area contributed by atoms with E-state index >= 15 is 0 Å². The molecular weight excluding hydrogens is 322 g/mol. The standard InChI is InChI=1S/C18H27N3O2S/c1-4-17-13-21(24(22,23)14(2)3)9-8-18(17)20-12-16-7-5-6-15(10-16)11-19/h5-7,10,14,17-18,20H,4,8-9,12-13H2,1-3H3/t17-,18+/m1/s1. The average Bonchev–Trinajstić information content (AvgIpc) is 2.59. The van der Waals surface area contributed by atoms with Crippen LogP contribution in [0, 0.1) is 17.2 Å². The fourth-order valence-electron chi connectivity index (χ4n) is 3.21. The number of sulfonamides is 1. The molecule has 0 spiro atoms. The topological polar surface area (TPSA) is 73.2 Å². The summed E-state index contributed by atoms with van der Waals surface area (Å²) in [6.45, 7) is 7.46. The molecule has 5 nitrogen and oxygen atoms in total. The number of nitriles is 1. The second-order valence-electron chi connectivity index (χ2n) is 6.71. The maximum atomic E-state index is 12.4. The summed E-state index contributed by atoms with van der Waals surface area (Å²) in [5.41, 5.74) is 1.75. The summed E-state index contributed by atoms with van der Waals surface area (Å²) in [7, 11) is -3.17. The van der Waals surface area contributed by atoms with E-state index in [1.807, 2.05) is 18.2 Å². The molecule has 0 bridgehead atoms. The summed E-state index contributed by atoms with van der Waals surface area (Å²) in [5.74, 6) is 0.312. The van der Waals surface area contributed by atoms with Gasteiger partial charge in [0, 0.05) is 25.7 Å². The van der Waals surface area contributed by atoms with Gasteiger partial charge in [-0.3, -0.25) is 0 Å². The van der Waals surface area contributed by atoms with Crippen LogP contribution in [0.4, 0.5) is 0 Å². The highest BCUT2D eigenvalue weighted by molar-refractivity contribution is 7.89. The molecule has 132 valence electrons. The number of hydrogen-bond acceptors (Lipinski definition) is 4. The van der Waals surface area contributed by atoms with Crippen molar-refractivity contribution < 1.29 is 8.42 Å². The third-order valence-corrected chi connectivity index (χ3v) is 7.04. The molecule has 1 aliphatic rings. The molecule has 24 heavy (non-hydrogen) atoms. The Kier molecular flexibility index (Phi) is 6.39. The largest absolute Gasteiger partial charge is 0.310 e. The van der Waals surface area contributed by atoms with Crippen molar-refractivity contribution in [3.63, 3.8) is 0 Å². The van der Waals surface area contributed by atoms with E-state index in [0.29, 0.717) is 37.2 Å². The van der Waals surface area contributed by atoms with Crippen LogP contribution in [0.25, 0.3) is 0 Å².